The number of carbonyl (C=O) groups is 1. The van der Waals surface area contributed by atoms with Crippen LogP contribution in [0, 0.1) is 11.8 Å². The van der Waals surface area contributed by atoms with Crippen molar-refractivity contribution in [3.63, 3.8) is 0 Å². The number of rotatable bonds is 12. The third-order valence-corrected chi connectivity index (χ3v) is 8.28. The smallest absolute Gasteiger partial charge is 0.303 e. The Balaban J connectivity index is 1.85. The molecule has 1 N–H and O–H groups in total. The van der Waals surface area contributed by atoms with Crippen LogP contribution in [0.15, 0.2) is 29.4 Å². The summed E-state index contributed by atoms with van der Waals surface area (Å²) in [5.41, 5.74) is 2.83. The van der Waals surface area contributed by atoms with Gasteiger partial charge in [0.2, 0.25) is 0 Å². The van der Waals surface area contributed by atoms with Crippen LogP contribution in [0.2, 0.25) is 0 Å². The number of ether oxygens (including phenoxy) is 1. The van der Waals surface area contributed by atoms with Gasteiger partial charge in [-0.3, -0.25) is 4.79 Å². The molecule has 0 amide bonds. The lowest BCUT2D eigenvalue weighted by Crippen LogP contribution is -2.41. The molecule has 1 atom stereocenters. The van der Waals surface area contributed by atoms with Crippen LogP contribution in [0.3, 0.4) is 0 Å². The molecule has 5 nitrogen and oxygen atoms in total. The first-order valence-corrected chi connectivity index (χ1v) is 15.1. The van der Waals surface area contributed by atoms with Crippen molar-refractivity contribution in [1.82, 2.24) is 9.97 Å². The third-order valence-electron chi connectivity index (χ3n) is 7.13. The first-order chi connectivity index (χ1) is 18.0. The Kier molecular flexibility index (Phi) is 10.7. The first-order valence-electron chi connectivity index (χ1n) is 14.1. The van der Waals surface area contributed by atoms with E-state index in [-0.39, 0.29) is 23.4 Å². The fourth-order valence-electron chi connectivity index (χ4n) is 5.36. The summed E-state index contributed by atoms with van der Waals surface area (Å²) >= 11 is 1.87. The number of fused-ring (bicyclic) bond motifs is 1. The van der Waals surface area contributed by atoms with E-state index in [1.165, 1.54) is 36.1 Å². The molecule has 0 aliphatic carbocycles. The zero-order valence-electron chi connectivity index (χ0n) is 24.0. The van der Waals surface area contributed by atoms with Crippen LogP contribution in [0.4, 0.5) is 0 Å². The van der Waals surface area contributed by atoms with Crippen LogP contribution >= 0.6 is 11.8 Å². The van der Waals surface area contributed by atoms with E-state index in [1.54, 1.807) is 12.4 Å². The number of carboxylic acids is 1. The minimum absolute atomic E-state index is 0.00159. The Labute approximate surface area is 233 Å². The number of unbranched alkanes of at least 4 members (excludes halogenated alkanes) is 3. The van der Waals surface area contributed by atoms with Crippen LogP contribution in [0.25, 0.3) is 0 Å². The highest BCUT2D eigenvalue weighted by molar-refractivity contribution is 7.99. The summed E-state index contributed by atoms with van der Waals surface area (Å²) < 4.78 is 6.43. The van der Waals surface area contributed by atoms with Crippen molar-refractivity contribution in [3.8, 4) is 17.6 Å². The highest BCUT2D eigenvalue weighted by Gasteiger charge is 2.39. The number of benzene rings is 1. The average molecular weight is 537 g/mol. The maximum atomic E-state index is 10.9. The monoisotopic (exact) mass is 536 g/mol. The number of hydrogen-bond donors (Lipinski definition) is 1. The lowest BCUT2D eigenvalue weighted by molar-refractivity contribution is -0.137. The first kappa shape index (κ1) is 30.0. The van der Waals surface area contributed by atoms with E-state index in [0.29, 0.717) is 6.42 Å². The molecule has 2 aromatic rings. The Morgan fingerprint density at radius 3 is 2.47 bits per heavy atom. The maximum absolute atomic E-state index is 10.9. The van der Waals surface area contributed by atoms with Gasteiger partial charge in [0.1, 0.15) is 17.2 Å². The van der Waals surface area contributed by atoms with Crippen molar-refractivity contribution in [2.45, 2.75) is 121 Å². The van der Waals surface area contributed by atoms with E-state index in [0.717, 1.165) is 47.7 Å². The average Bonchev–Trinajstić information content (AvgIpc) is 2.84. The molecule has 1 aliphatic rings. The SMILES string of the molecule is CCCCCCSc1cc2c(cc1C#Cc1cnc(C(CC)CCCC(=O)O)nc1)C(C)(C)CC(C)(C)O2. The van der Waals surface area contributed by atoms with E-state index >= 15 is 0 Å². The molecule has 1 aliphatic heterocycles. The predicted molar refractivity (Wildman–Crippen MR) is 156 cm³/mol. The van der Waals surface area contributed by atoms with Gasteiger partial charge in [-0.1, -0.05) is 58.8 Å². The van der Waals surface area contributed by atoms with Crippen molar-refractivity contribution in [1.29, 1.82) is 0 Å². The second-order valence-electron chi connectivity index (χ2n) is 11.6. The van der Waals surface area contributed by atoms with Crippen molar-refractivity contribution in [2.75, 3.05) is 5.75 Å². The normalized spacial score (nSPS) is 16.1. The Hall–Kier alpha value is -2.52. The summed E-state index contributed by atoms with van der Waals surface area (Å²) in [4.78, 5) is 21.2. The van der Waals surface area contributed by atoms with Gasteiger partial charge in [0.15, 0.2) is 0 Å². The van der Waals surface area contributed by atoms with Gasteiger partial charge in [0.05, 0.1) is 5.56 Å². The molecule has 0 saturated carbocycles. The number of nitrogens with zero attached hydrogens (tertiary/aromatic N) is 2. The van der Waals surface area contributed by atoms with E-state index in [2.05, 4.69) is 75.5 Å². The molecule has 6 heteroatoms. The zero-order valence-corrected chi connectivity index (χ0v) is 24.8. The minimum atomic E-state index is -0.759. The molecule has 38 heavy (non-hydrogen) atoms. The van der Waals surface area contributed by atoms with Crippen LogP contribution in [-0.2, 0) is 10.2 Å². The highest BCUT2D eigenvalue weighted by atomic mass is 32.2. The molecule has 2 heterocycles. The molecule has 206 valence electrons. The summed E-state index contributed by atoms with van der Waals surface area (Å²) in [5, 5.41) is 8.92. The van der Waals surface area contributed by atoms with Gasteiger partial charge in [0, 0.05) is 40.8 Å². The fraction of sp³-hybridized carbons (Fsp3) is 0.594. The predicted octanol–water partition coefficient (Wildman–Crippen LogP) is 8.14. The second kappa shape index (κ2) is 13.5. The summed E-state index contributed by atoms with van der Waals surface area (Å²) in [7, 11) is 0. The van der Waals surface area contributed by atoms with E-state index in [1.807, 2.05) is 11.8 Å². The van der Waals surface area contributed by atoms with Gasteiger partial charge in [-0.25, -0.2) is 9.97 Å². The summed E-state index contributed by atoms with van der Waals surface area (Å²) in [5.74, 6) is 8.95. The molecule has 0 fully saturated rings. The summed E-state index contributed by atoms with van der Waals surface area (Å²) in [6, 6.07) is 4.44. The van der Waals surface area contributed by atoms with Crippen LogP contribution < -0.4 is 4.74 Å². The van der Waals surface area contributed by atoms with Gasteiger partial charge in [-0.15, -0.1) is 11.8 Å². The van der Waals surface area contributed by atoms with Gasteiger partial charge in [-0.05, 0) is 69.3 Å². The molecule has 1 aromatic heterocycles. The fourth-order valence-corrected chi connectivity index (χ4v) is 6.39. The highest BCUT2D eigenvalue weighted by Crippen LogP contribution is 2.46. The molecule has 1 aromatic carbocycles. The Morgan fingerprint density at radius 2 is 1.82 bits per heavy atom. The summed E-state index contributed by atoms with van der Waals surface area (Å²) in [6.45, 7) is 13.2. The van der Waals surface area contributed by atoms with Gasteiger partial charge < -0.3 is 9.84 Å². The number of aromatic nitrogens is 2. The quantitative estimate of drug-likeness (QED) is 0.168. The summed E-state index contributed by atoms with van der Waals surface area (Å²) in [6.07, 6.45) is 12.0. The van der Waals surface area contributed by atoms with Crippen LogP contribution in [0.5, 0.6) is 5.75 Å². The Bertz CT molecular complexity index is 1150. The number of thioether (sulfide) groups is 1. The molecule has 1 unspecified atom stereocenters. The van der Waals surface area contributed by atoms with Crippen molar-refractivity contribution in [2.24, 2.45) is 0 Å². The topological polar surface area (TPSA) is 72.3 Å². The minimum Gasteiger partial charge on any atom is -0.487 e. The van der Waals surface area contributed by atoms with Gasteiger partial charge >= 0.3 is 5.97 Å². The van der Waals surface area contributed by atoms with Gasteiger partial charge in [-0.2, -0.15) is 0 Å². The largest absolute Gasteiger partial charge is 0.487 e. The Morgan fingerprint density at radius 1 is 1.08 bits per heavy atom. The molecule has 3 rings (SSSR count). The number of hydrogen-bond acceptors (Lipinski definition) is 5. The number of aliphatic carboxylic acids is 1. The molecule has 0 radical (unpaired) electrons. The van der Waals surface area contributed by atoms with Crippen molar-refractivity contribution in [3.05, 3.63) is 47.0 Å². The van der Waals surface area contributed by atoms with E-state index in [9.17, 15) is 4.79 Å². The van der Waals surface area contributed by atoms with Crippen molar-refractivity contribution < 1.29 is 14.6 Å². The van der Waals surface area contributed by atoms with Crippen molar-refractivity contribution >= 4 is 17.7 Å². The molecular weight excluding hydrogens is 492 g/mol. The number of carboxylic acid groups (broad SMARTS) is 1. The molecule has 0 spiro atoms. The van der Waals surface area contributed by atoms with Gasteiger partial charge in [0.25, 0.3) is 0 Å². The third kappa shape index (κ3) is 8.50. The molecule has 0 bridgehead atoms. The van der Waals surface area contributed by atoms with Crippen LogP contribution in [-0.4, -0.2) is 32.4 Å². The van der Waals surface area contributed by atoms with E-state index < -0.39 is 5.97 Å². The standard InChI is InChI=1S/C32H44N2O3S/c1-7-9-10-11-17-38-28-19-27-26(31(3,4)22-32(5,6)37-27)18-25(28)16-15-23-20-33-30(34-21-23)24(8-2)13-12-14-29(35)36/h18-21,24H,7-14,17,22H2,1-6H3,(H,35,36). The molecular formula is C32H44N2O3S. The van der Waals surface area contributed by atoms with E-state index in [4.69, 9.17) is 9.84 Å². The zero-order chi connectivity index (χ0) is 27.8. The lowest BCUT2D eigenvalue weighted by Gasteiger charge is -2.42. The lowest BCUT2D eigenvalue weighted by atomic mass is 9.73. The maximum Gasteiger partial charge on any atom is 0.303 e. The molecule has 0 saturated heterocycles. The second-order valence-corrected chi connectivity index (χ2v) is 12.8. The van der Waals surface area contributed by atoms with Crippen LogP contribution in [0.1, 0.15) is 128 Å².